The van der Waals surface area contributed by atoms with Crippen molar-refractivity contribution in [2.24, 2.45) is 0 Å². The maximum atomic E-state index is 12.6. The van der Waals surface area contributed by atoms with Crippen molar-refractivity contribution in [1.29, 1.82) is 0 Å². The van der Waals surface area contributed by atoms with E-state index in [1.807, 2.05) is 6.20 Å². The lowest BCUT2D eigenvalue weighted by Gasteiger charge is -2.25. The molecule has 0 spiro atoms. The number of pyridine rings is 1. The minimum absolute atomic E-state index is 0.271. The molecule has 8 heteroatoms. The normalized spacial score (nSPS) is 16.0. The molecule has 1 aliphatic heterocycles. The van der Waals surface area contributed by atoms with Crippen LogP contribution in [-0.4, -0.2) is 42.3 Å². The van der Waals surface area contributed by atoms with Crippen LogP contribution in [0.4, 0.5) is 5.82 Å². The number of anilines is 1. The topological polar surface area (TPSA) is 75.2 Å². The van der Waals surface area contributed by atoms with E-state index in [0.717, 1.165) is 43.7 Å². The average molecular weight is 381 g/mol. The van der Waals surface area contributed by atoms with E-state index in [-0.39, 0.29) is 4.90 Å². The molecule has 0 atom stereocenters. The predicted molar refractivity (Wildman–Crippen MR) is 101 cm³/mol. The molecule has 0 bridgehead atoms. The Morgan fingerprint density at radius 1 is 1.16 bits per heavy atom. The van der Waals surface area contributed by atoms with Gasteiger partial charge in [0.2, 0.25) is 10.0 Å². The van der Waals surface area contributed by atoms with Crippen LogP contribution in [0.5, 0.6) is 0 Å². The Morgan fingerprint density at radius 2 is 1.96 bits per heavy atom. The molecule has 1 saturated heterocycles. The lowest BCUT2D eigenvalue weighted by atomic mass is 10.2. The summed E-state index contributed by atoms with van der Waals surface area (Å²) in [5.41, 5.74) is 0. The van der Waals surface area contributed by atoms with Gasteiger partial charge in [0.1, 0.15) is 10.7 Å². The maximum Gasteiger partial charge on any atom is 0.244 e. The van der Waals surface area contributed by atoms with Gasteiger partial charge in [-0.05, 0) is 31.4 Å². The second kappa shape index (κ2) is 8.25. The van der Waals surface area contributed by atoms with Gasteiger partial charge < -0.3 is 5.32 Å². The fraction of sp³-hybridized carbons (Fsp3) is 0.529. The molecule has 0 radical (unpaired) electrons. The zero-order valence-electron chi connectivity index (χ0n) is 14.4. The van der Waals surface area contributed by atoms with Crippen molar-refractivity contribution < 1.29 is 8.42 Å². The molecule has 1 fully saturated rings. The molecule has 0 aromatic carbocycles. The molecule has 6 nitrogen and oxygen atoms in total. The monoisotopic (exact) mass is 380 g/mol. The van der Waals surface area contributed by atoms with Crippen LogP contribution in [0.1, 0.15) is 36.1 Å². The first-order valence-electron chi connectivity index (χ1n) is 8.73. The van der Waals surface area contributed by atoms with Gasteiger partial charge in [-0.3, -0.25) is 0 Å². The van der Waals surface area contributed by atoms with Gasteiger partial charge >= 0.3 is 0 Å². The highest BCUT2D eigenvalue weighted by molar-refractivity contribution is 7.89. The van der Waals surface area contributed by atoms with Crippen LogP contribution in [0, 0.1) is 0 Å². The summed E-state index contributed by atoms with van der Waals surface area (Å²) < 4.78 is 26.7. The number of aryl methyl sites for hydroxylation is 1. The fourth-order valence-electron chi connectivity index (χ4n) is 2.82. The number of piperidine rings is 1. The zero-order chi connectivity index (χ0) is 17.7. The van der Waals surface area contributed by atoms with Crippen molar-refractivity contribution in [3.8, 4) is 0 Å². The van der Waals surface area contributed by atoms with Crippen LogP contribution in [0.3, 0.4) is 0 Å². The molecule has 25 heavy (non-hydrogen) atoms. The van der Waals surface area contributed by atoms with Crippen LogP contribution < -0.4 is 5.32 Å². The highest BCUT2D eigenvalue weighted by atomic mass is 32.2. The minimum atomic E-state index is -3.41. The Morgan fingerprint density at radius 3 is 2.60 bits per heavy atom. The molecule has 1 aliphatic rings. The van der Waals surface area contributed by atoms with Crippen molar-refractivity contribution in [3.63, 3.8) is 0 Å². The van der Waals surface area contributed by atoms with Crippen molar-refractivity contribution in [2.75, 3.05) is 25.0 Å². The van der Waals surface area contributed by atoms with E-state index in [4.69, 9.17) is 0 Å². The number of sulfonamides is 1. The summed E-state index contributed by atoms with van der Waals surface area (Å²) in [6, 6.07) is 3.37. The molecule has 3 rings (SSSR count). The molecule has 0 aliphatic carbocycles. The largest absolute Gasteiger partial charge is 0.370 e. The molecular weight excluding hydrogens is 356 g/mol. The van der Waals surface area contributed by atoms with Gasteiger partial charge in [0, 0.05) is 43.3 Å². The third-order valence-corrected chi connectivity index (χ3v) is 7.37. The molecular formula is C17H24N4O2S2. The highest BCUT2D eigenvalue weighted by Gasteiger charge is 2.26. The summed E-state index contributed by atoms with van der Waals surface area (Å²) in [4.78, 5) is 10.2. The van der Waals surface area contributed by atoms with E-state index in [1.54, 1.807) is 27.8 Å². The molecule has 3 heterocycles. The summed E-state index contributed by atoms with van der Waals surface area (Å²) in [5.74, 6) is 0.685. The third-order valence-electron chi connectivity index (χ3n) is 4.28. The number of hydrogen-bond acceptors (Lipinski definition) is 6. The molecule has 136 valence electrons. The SMILES string of the molecule is CCc1cnc(CCNc2ccc(S(=O)(=O)N3CCCCC3)cn2)s1. The van der Waals surface area contributed by atoms with Gasteiger partial charge in [0.05, 0.1) is 5.01 Å². The van der Waals surface area contributed by atoms with Crippen LogP contribution >= 0.6 is 11.3 Å². The number of rotatable bonds is 7. The van der Waals surface area contributed by atoms with Crippen LogP contribution in [0.15, 0.2) is 29.4 Å². The minimum Gasteiger partial charge on any atom is -0.370 e. The van der Waals surface area contributed by atoms with E-state index < -0.39 is 10.0 Å². The molecule has 2 aromatic heterocycles. The van der Waals surface area contributed by atoms with Crippen molar-refractivity contribution in [2.45, 2.75) is 43.9 Å². The summed E-state index contributed by atoms with van der Waals surface area (Å²) in [6.45, 7) is 4.06. The van der Waals surface area contributed by atoms with Gasteiger partial charge in [-0.25, -0.2) is 18.4 Å². The summed E-state index contributed by atoms with van der Waals surface area (Å²) >= 11 is 1.73. The second-order valence-corrected chi connectivity index (χ2v) is 9.23. The smallest absolute Gasteiger partial charge is 0.244 e. The summed E-state index contributed by atoms with van der Waals surface area (Å²) in [6.07, 6.45) is 8.20. The van der Waals surface area contributed by atoms with Gasteiger partial charge in [0.25, 0.3) is 0 Å². The van der Waals surface area contributed by atoms with Gasteiger partial charge in [-0.15, -0.1) is 11.3 Å². The highest BCUT2D eigenvalue weighted by Crippen LogP contribution is 2.21. The van der Waals surface area contributed by atoms with Crippen LogP contribution in [0.2, 0.25) is 0 Å². The van der Waals surface area contributed by atoms with E-state index in [2.05, 4.69) is 22.2 Å². The van der Waals surface area contributed by atoms with E-state index in [9.17, 15) is 8.42 Å². The van der Waals surface area contributed by atoms with Gasteiger partial charge in [-0.2, -0.15) is 4.31 Å². The van der Waals surface area contributed by atoms with Crippen LogP contribution in [0.25, 0.3) is 0 Å². The Labute approximate surface area is 153 Å². The fourth-order valence-corrected chi connectivity index (χ4v) is 5.14. The Hall–Kier alpha value is -1.51. The first-order valence-corrected chi connectivity index (χ1v) is 11.0. The standard InChI is InChI=1S/C17H24N4O2S2/c1-2-14-12-20-17(24-14)8-9-18-16-7-6-15(13-19-16)25(22,23)21-10-4-3-5-11-21/h6-7,12-13H,2-5,8-11H2,1H3,(H,18,19). The summed E-state index contributed by atoms with van der Waals surface area (Å²) in [5, 5.41) is 4.33. The lowest BCUT2D eigenvalue weighted by Crippen LogP contribution is -2.35. The van der Waals surface area contributed by atoms with E-state index in [0.29, 0.717) is 18.9 Å². The van der Waals surface area contributed by atoms with Gasteiger partial charge in [-0.1, -0.05) is 13.3 Å². The molecule has 0 saturated carbocycles. The summed E-state index contributed by atoms with van der Waals surface area (Å²) in [7, 11) is -3.41. The molecule has 0 unspecified atom stereocenters. The zero-order valence-corrected chi connectivity index (χ0v) is 16.1. The first-order chi connectivity index (χ1) is 12.1. The maximum absolute atomic E-state index is 12.6. The quantitative estimate of drug-likeness (QED) is 0.799. The number of nitrogens with zero attached hydrogens (tertiary/aromatic N) is 3. The Kier molecular flexibility index (Phi) is 6.03. The Bertz CT molecular complexity index is 781. The lowest BCUT2D eigenvalue weighted by molar-refractivity contribution is 0.346. The third kappa shape index (κ3) is 4.56. The van der Waals surface area contributed by atoms with E-state index in [1.165, 1.54) is 11.1 Å². The van der Waals surface area contributed by atoms with Crippen molar-refractivity contribution in [1.82, 2.24) is 14.3 Å². The molecule has 1 N–H and O–H groups in total. The predicted octanol–water partition coefficient (Wildman–Crippen LogP) is 2.93. The first kappa shape index (κ1) is 18.3. The van der Waals surface area contributed by atoms with E-state index >= 15 is 0 Å². The second-order valence-electron chi connectivity index (χ2n) is 6.09. The Balaban J connectivity index is 1.56. The number of thiazole rings is 1. The van der Waals surface area contributed by atoms with Gasteiger partial charge in [0.15, 0.2) is 0 Å². The van der Waals surface area contributed by atoms with Crippen LogP contribution in [-0.2, 0) is 22.9 Å². The number of aromatic nitrogens is 2. The number of hydrogen-bond donors (Lipinski definition) is 1. The van der Waals surface area contributed by atoms with Crippen molar-refractivity contribution >= 4 is 27.2 Å². The number of nitrogens with one attached hydrogen (secondary N) is 1. The van der Waals surface area contributed by atoms with Crippen molar-refractivity contribution in [3.05, 3.63) is 34.4 Å². The molecule has 0 amide bonds. The molecule has 2 aromatic rings. The average Bonchev–Trinajstić information content (AvgIpc) is 3.11.